The smallest absolute Gasteiger partial charge is 0.128 e. The van der Waals surface area contributed by atoms with Gasteiger partial charge in [-0.05, 0) is 44.5 Å². The topological polar surface area (TPSA) is 48.4 Å². The van der Waals surface area contributed by atoms with Crippen LogP contribution in [0.15, 0.2) is 18.3 Å². The van der Waals surface area contributed by atoms with Gasteiger partial charge in [0.15, 0.2) is 0 Å². The summed E-state index contributed by atoms with van der Waals surface area (Å²) < 4.78 is 0. The predicted octanol–water partition coefficient (Wildman–Crippen LogP) is 1.96. The summed E-state index contributed by atoms with van der Waals surface area (Å²) in [7, 11) is 0. The monoisotopic (exact) mass is 263 g/mol. The molecule has 0 spiro atoms. The molecule has 4 heteroatoms. The molecule has 2 rings (SSSR count). The van der Waals surface area contributed by atoms with Gasteiger partial charge in [-0.1, -0.05) is 6.92 Å². The van der Waals surface area contributed by atoms with E-state index in [1.54, 1.807) is 0 Å². The molecule has 0 aromatic carbocycles. The number of anilines is 1. The van der Waals surface area contributed by atoms with Crippen molar-refractivity contribution in [2.45, 2.75) is 39.3 Å². The van der Waals surface area contributed by atoms with E-state index in [2.05, 4.69) is 41.2 Å². The Labute approximate surface area is 115 Å². The van der Waals surface area contributed by atoms with Gasteiger partial charge < -0.3 is 15.3 Å². The summed E-state index contributed by atoms with van der Waals surface area (Å²) in [6, 6.07) is 4.58. The van der Waals surface area contributed by atoms with Gasteiger partial charge in [0.25, 0.3) is 0 Å². The predicted molar refractivity (Wildman–Crippen MR) is 78.3 cm³/mol. The van der Waals surface area contributed by atoms with Gasteiger partial charge in [-0.25, -0.2) is 4.98 Å². The Morgan fingerprint density at radius 3 is 2.95 bits per heavy atom. The average molecular weight is 263 g/mol. The summed E-state index contributed by atoms with van der Waals surface area (Å²) in [5.74, 6) is 1.40. The largest absolute Gasteiger partial charge is 0.393 e. The van der Waals surface area contributed by atoms with Crippen LogP contribution in [0.3, 0.4) is 0 Å². The van der Waals surface area contributed by atoms with Crippen LogP contribution in [0, 0.1) is 5.92 Å². The molecule has 4 nitrogen and oxygen atoms in total. The Morgan fingerprint density at radius 1 is 1.53 bits per heavy atom. The first kappa shape index (κ1) is 14.3. The zero-order valence-corrected chi connectivity index (χ0v) is 12.1. The van der Waals surface area contributed by atoms with Crippen molar-refractivity contribution in [1.82, 2.24) is 10.3 Å². The second kappa shape index (κ2) is 6.35. The van der Waals surface area contributed by atoms with Gasteiger partial charge in [0.1, 0.15) is 5.82 Å². The molecular formula is C15H25N3O. The Balaban J connectivity index is 2.07. The van der Waals surface area contributed by atoms with Crippen LogP contribution in [0.25, 0.3) is 0 Å². The van der Waals surface area contributed by atoms with E-state index in [1.807, 2.05) is 13.1 Å². The van der Waals surface area contributed by atoms with Crippen LogP contribution >= 0.6 is 0 Å². The Kier molecular flexibility index (Phi) is 4.77. The number of hydrogen-bond acceptors (Lipinski definition) is 4. The van der Waals surface area contributed by atoms with Crippen molar-refractivity contribution < 1.29 is 5.11 Å². The van der Waals surface area contributed by atoms with Gasteiger partial charge in [0.2, 0.25) is 0 Å². The van der Waals surface area contributed by atoms with Crippen LogP contribution < -0.4 is 10.2 Å². The van der Waals surface area contributed by atoms with Crippen molar-refractivity contribution in [3.05, 3.63) is 23.9 Å². The highest BCUT2D eigenvalue weighted by Gasteiger charge is 2.26. The molecule has 1 aromatic heterocycles. The number of nitrogens with one attached hydrogen (secondary N) is 1. The number of pyridine rings is 1. The fourth-order valence-electron chi connectivity index (χ4n) is 2.69. The third kappa shape index (κ3) is 3.45. The molecule has 0 radical (unpaired) electrons. The quantitative estimate of drug-likeness (QED) is 0.852. The molecular weight excluding hydrogens is 238 g/mol. The number of hydrogen-bond donors (Lipinski definition) is 2. The number of aliphatic hydroxyl groups excluding tert-OH is 1. The van der Waals surface area contributed by atoms with E-state index in [0.717, 1.165) is 31.9 Å². The molecule has 0 amide bonds. The number of aromatic nitrogens is 1. The number of nitrogens with zero attached hydrogens (tertiary/aromatic N) is 2. The second-order valence-corrected chi connectivity index (χ2v) is 5.46. The van der Waals surface area contributed by atoms with Gasteiger partial charge in [0, 0.05) is 31.2 Å². The lowest BCUT2D eigenvalue weighted by Crippen LogP contribution is -2.25. The maximum Gasteiger partial charge on any atom is 0.128 e. The normalized spacial score (nSPS) is 22.5. The second-order valence-electron chi connectivity index (χ2n) is 5.46. The highest BCUT2D eigenvalue weighted by atomic mass is 16.3. The SMILES string of the molecule is CCNC(C)c1ccnc(N2CCC(C(C)O)C2)c1. The zero-order chi connectivity index (χ0) is 13.8. The third-order valence-electron chi connectivity index (χ3n) is 4.01. The molecule has 1 aliphatic heterocycles. The first-order chi connectivity index (χ1) is 9.11. The maximum atomic E-state index is 9.67. The summed E-state index contributed by atoms with van der Waals surface area (Å²) in [5, 5.41) is 13.1. The fourth-order valence-corrected chi connectivity index (χ4v) is 2.69. The molecule has 1 aliphatic rings. The van der Waals surface area contributed by atoms with Gasteiger partial charge in [-0.2, -0.15) is 0 Å². The van der Waals surface area contributed by atoms with E-state index in [9.17, 15) is 5.11 Å². The molecule has 1 saturated heterocycles. The number of aliphatic hydroxyl groups is 1. The van der Waals surface area contributed by atoms with Crippen LogP contribution in [0.2, 0.25) is 0 Å². The summed E-state index contributed by atoms with van der Waals surface area (Å²) >= 11 is 0. The lowest BCUT2D eigenvalue weighted by molar-refractivity contribution is 0.136. The summed E-state index contributed by atoms with van der Waals surface area (Å²) in [6.07, 6.45) is 2.70. The highest BCUT2D eigenvalue weighted by molar-refractivity contribution is 5.43. The van der Waals surface area contributed by atoms with Crippen molar-refractivity contribution in [2.75, 3.05) is 24.5 Å². The Bertz CT molecular complexity index is 408. The van der Waals surface area contributed by atoms with E-state index in [-0.39, 0.29) is 6.10 Å². The van der Waals surface area contributed by atoms with Crippen molar-refractivity contribution in [1.29, 1.82) is 0 Å². The van der Waals surface area contributed by atoms with Crippen molar-refractivity contribution >= 4 is 5.82 Å². The van der Waals surface area contributed by atoms with Crippen LogP contribution in [0.1, 0.15) is 38.8 Å². The zero-order valence-electron chi connectivity index (χ0n) is 12.1. The minimum Gasteiger partial charge on any atom is -0.393 e. The highest BCUT2D eigenvalue weighted by Crippen LogP contribution is 2.26. The summed E-state index contributed by atoms with van der Waals surface area (Å²) in [4.78, 5) is 6.75. The van der Waals surface area contributed by atoms with Crippen molar-refractivity contribution in [3.8, 4) is 0 Å². The van der Waals surface area contributed by atoms with E-state index in [0.29, 0.717) is 12.0 Å². The molecule has 2 N–H and O–H groups in total. The lowest BCUT2D eigenvalue weighted by atomic mass is 10.0. The Morgan fingerprint density at radius 2 is 2.32 bits per heavy atom. The van der Waals surface area contributed by atoms with Gasteiger partial charge in [-0.15, -0.1) is 0 Å². The molecule has 0 bridgehead atoms. The third-order valence-corrected chi connectivity index (χ3v) is 4.01. The first-order valence-electron chi connectivity index (χ1n) is 7.24. The minimum absolute atomic E-state index is 0.228. The molecule has 2 heterocycles. The van der Waals surface area contributed by atoms with E-state index in [4.69, 9.17) is 0 Å². The van der Waals surface area contributed by atoms with Gasteiger partial charge >= 0.3 is 0 Å². The standard InChI is InChI=1S/C15H25N3O/c1-4-16-11(2)13-5-7-17-15(9-13)18-8-6-14(10-18)12(3)19/h5,7,9,11-12,14,16,19H,4,6,8,10H2,1-3H3. The number of rotatable bonds is 5. The Hall–Kier alpha value is -1.13. The van der Waals surface area contributed by atoms with Crippen LogP contribution in [0.4, 0.5) is 5.82 Å². The lowest BCUT2D eigenvalue weighted by Gasteiger charge is -2.20. The van der Waals surface area contributed by atoms with Crippen molar-refractivity contribution in [2.24, 2.45) is 5.92 Å². The molecule has 19 heavy (non-hydrogen) atoms. The summed E-state index contributed by atoms with van der Waals surface area (Å²) in [5.41, 5.74) is 1.27. The molecule has 0 saturated carbocycles. The van der Waals surface area contributed by atoms with Crippen LogP contribution in [-0.4, -0.2) is 35.8 Å². The minimum atomic E-state index is -0.228. The fraction of sp³-hybridized carbons (Fsp3) is 0.667. The maximum absolute atomic E-state index is 9.67. The molecule has 3 atom stereocenters. The molecule has 1 fully saturated rings. The first-order valence-corrected chi connectivity index (χ1v) is 7.24. The van der Waals surface area contributed by atoms with E-state index >= 15 is 0 Å². The van der Waals surface area contributed by atoms with E-state index in [1.165, 1.54) is 5.56 Å². The van der Waals surface area contributed by atoms with E-state index < -0.39 is 0 Å². The average Bonchev–Trinajstić information content (AvgIpc) is 2.89. The molecule has 0 aliphatic carbocycles. The van der Waals surface area contributed by atoms with Crippen molar-refractivity contribution in [3.63, 3.8) is 0 Å². The molecule has 3 unspecified atom stereocenters. The molecule has 106 valence electrons. The summed E-state index contributed by atoms with van der Waals surface area (Å²) in [6.45, 7) is 9.03. The molecule has 1 aromatic rings. The van der Waals surface area contributed by atoms with Crippen LogP contribution in [-0.2, 0) is 0 Å². The van der Waals surface area contributed by atoms with Gasteiger partial charge in [-0.3, -0.25) is 0 Å². The van der Waals surface area contributed by atoms with Gasteiger partial charge in [0.05, 0.1) is 6.10 Å². The van der Waals surface area contributed by atoms with Crippen LogP contribution in [0.5, 0.6) is 0 Å².